The van der Waals surface area contributed by atoms with Crippen molar-refractivity contribution in [3.63, 3.8) is 0 Å². The first-order valence-corrected chi connectivity index (χ1v) is 10.6. The molecule has 34 heavy (non-hydrogen) atoms. The van der Waals surface area contributed by atoms with Gasteiger partial charge in [-0.05, 0) is 54.1 Å². The standard InChI is InChI=1S/C26H16ClNO6/c27-19-9-5-16(6-10-19)7-12-24(29)33-21-4-2-1-3-17(21)13-20-26(30)34-25(28-20)18-8-11-22-23(14-18)32-15-31-22/h1-14H,15H2/b12-7+,20-13+. The van der Waals surface area contributed by atoms with Gasteiger partial charge in [0.2, 0.25) is 12.7 Å². The summed E-state index contributed by atoms with van der Waals surface area (Å²) in [6.45, 7) is 0.139. The molecular weight excluding hydrogens is 458 g/mol. The van der Waals surface area contributed by atoms with Crippen LogP contribution < -0.4 is 14.2 Å². The van der Waals surface area contributed by atoms with Gasteiger partial charge < -0.3 is 18.9 Å². The van der Waals surface area contributed by atoms with Crippen molar-refractivity contribution in [3.8, 4) is 17.2 Å². The highest BCUT2D eigenvalue weighted by molar-refractivity contribution is 6.30. The van der Waals surface area contributed by atoms with Gasteiger partial charge in [-0.1, -0.05) is 41.9 Å². The Bertz CT molecular complexity index is 1370. The Morgan fingerprint density at radius 3 is 2.65 bits per heavy atom. The minimum Gasteiger partial charge on any atom is -0.454 e. The fourth-order valence-corrected chi connectivity index (χ4v) is 3.41. The van der Waals surface area contributed by atoms with Crippen molar-refractivity contribution in [1.29, 1.82) is 0 Å². The molecule has 0 unspecified atom stereocenters. The number of ether oxygens (including phenoxy) is 4. The lowest BCUT2D eigenvalue weighted by Crippen LogP contribution is -2.06. The summed E-state index contributed by atoms with van der Waals surface area (Å²) in [5.74, 6) is 0.411. The first kappa shape index (κ1) is 21.5. The fourth-order valence-electron chi connectivity index (χ4n) is 3.28. The van der Waals surface area contributed by atoms with E-state index < -0.39 is 11.9 Å². The molecule has 168 valence electrons. The highest BCUT2D eigenvalue weighted by atomic mass is 35.5. The zero-order valence-electron chi connectivity index (χ0n) is 17.6. The van der Waals surface area contributed by atoms with E-state index in [1.54, 1.807) is 72.8 Å². The largest absolute Gasteiger partial charge is 0.454 e. The summed E-state index contributed by atoms with van der Waals surface area (Å²) in [5.41, 5.74) is 1.95. The van der Waals surface area contributed by atoms with Crippen molar-refractivity contribution in [2.75, 3.05) is 6.79 Å². The Morgan fingerprint density at radius 1 is 1.00 bits per heavy atom. The van der Waals surface area contributed by atoms with Gasteiger partial charge in [-0.25, -0.2) is 14.6 Å². The fraction of sp³-hybridized carbons (Fsp3) is 0.0385. The topological polar surface area (TPSA) is 83.4 Å². The van der Waals surface area contributed by atoms with Gasteiger partial charge >= 0.3 is 11.9 Å². The molecule has 0 saturated carbocycles. The molecule has 0 saturated heterocycles. The third kappa shape index (κ3) is 4.69. The van der Waals surface area contributed by atoms with Crippen LogP contribution in [0.3, 0.4) is 0 Å². The van der Waals surface area contributed by atoms with Crippen molar-refractivity contribution < 1.29 is 28.5 Å². The summed E-state index contributed by atoms with van der Waals surface area (Å²) in [5, 5.41) is 0.608. The molecule has 0 aliphatic carbocycles. The van der Waals surface area contributed by atoms with Gasteiger partial charge in [0.15, 0.2) is 17.2 Å². The molecule has 0 spiro atoms. The zero-order chi connectivity index (χ0) is 23.5. The molecule has 2 heterocycles. The Morgan fingerprint density at radius 2 is 1.79 bits per heavy atom. The molecule has 3 aromatic carbocycles. The number of esters is 2. The number of rotatable bonds is 5. The van der Waals surface area contributed by atoms with Crippen molar-refractivity contribution in [1.82, 2.24) is 0 Å². The second kappa shape index (κ2) is 9.25. The van der Waals surface area contributed by atoms with Gasteiger partial charge in [-0.2, -0.15) is 0 Å². The summed E-state index contributed by atoms with van der Waals surface area (Å²) in [6.07, 6.45) is 4.44. The van der Waals surface area contributed by atoms with Crippen LogP contribution in [0.2, 0.25) is 5.02 Å². The number of carbonyl (C=O) groups is 2. The van der Waals surface area contributed by atoms with Crippen LogP contribution in [0.5, 0.6) is 17.2 Å². The van der Waals surface area contributed by atoms with Crippen LogP contribution >= 0.6 is 11.6 Å². The molecule has 0 bridgehead atoms. The van der Waals surface area contributed by atoms with E-state index in [4.69, 9.17) is 30.5 Å². The number of hydrogen-bond acceptors (Lipinski definition) is 7. The normalized spacial score (nSPS) is 15.5. The van der Waals surface area contributed by atoms with Crippen molar-refractivity contribution >= 4 is 41.6 Å². The first-order chi connectivity index (χ1) is 16.5. The van der Waals surface area contributed by atoms with E-state index in [2.05, 4.69) is 4.99 Å². The maximum absolute atomic E-state index is 12.4. The number of benzene rings is 3. The lowest BCUT2D eigenvalue weighted by molar-refractivity contribution is -0.130. The summed E-state index contributed by atoms with van der Waals surface area (Å²) in [4.78, 5) is 29.1. The number of para-hydroxylation sites is 1. The SMILES string of the molecule is O=C(/C=C/c1ccc(Cl)cc1)Oc1ccccc1/C=C1/N=C(c2ccc3c(c2)OCO3)OC1=O. The Hall–Kier alpha value is -4.36. The van der Waals surface area contributed by atoms with Crippen molar-refractivity contribution in [2.24, 2.45) is 4.99 Å². The predicted octanol–water partition coefficient (Wildman–Crippen LogP) is 5.03. The Labute approximate surface area is 199 Å². The third-order valence-corrected chi connectivity index (χ3v) is 5.20. The quantitative estimate of drug-likeness (QED) is 0.293. The van der Waals surface area contributed by atoms with Gasteiger partial charge in [0.25, 0.3) is 0 Å². The number of halogens is 1. The summed E-state index contributed by atoms with van der Waals surface area (Å²) < 4.78 is 21.5. The van der Waals surface area contributed by atoms with Gasteiger partial charge in [0, 0.05) is 22.2 Å². The van der Waals surface area contributed by atoms with Crippen LogP contribution in [-0.2, 0) is 14.3 Å². The van der Waals surface area contributed by atoms with E-state index in [0.29, 0.717) is 27.6 Å². The second-order valence-electron chi connectivity index (χ2n) is 7.25. The van der Waals surface area contributed by atoms with Gasteiger partial charge in [-0.15, -0.1) is 0 Å². The molecule has 0 N–H and O–H groups in total. The van der Waals surface area contributed by atoms with E-state index in [0.717, 1.165) is 5.56 Å². The summed E-state index contributed by atoms with van der Waals surface area (Å²) >= 11 is 5.87. The molecule has 0 aromatic heterocycles. The predicted molar refractivity (Wildman–Crippen MR) is 126 cm³/mol. The molecule has 2 aliphatic heterocycles. The molecule has 0 atom stereocenters. The molecule has 8 heteroatoms. The molecule has 5 rings (SSSR count). The molecule has 2 aliphatic rings. The molecule has 0 amide bonds. The lowest BCUT2D eigenvalue weighted by Gasteiger charge is -2.05. The number of fused-ring (bicyclic) bond motifs is 1. The van der Waals surface area contributed by atoms with Gasteiger partial charge in [-0.3, -0.25) is 0 Å². The highest BCUT2D eigenvalue weighted by Gasteiger charge is 2.26. The second-order valence-corrected chi connectivity index (χ2v) is 7.68. The maximum atomic E-state index is 12.4. The van der Waals surface area contributed by atoms with E-state index in [-0.39, 0.29) is 24.1 Å². The van der Waals surface area contributed by atoms with Crippen LogP contribution in [0.15, 0.2) is 83.5 Å². The van der Waals surface area contributed by atoms with Crippen molar-refractivity contribution in [2.45, 2.75) is 0 Å². The van der Waals surface area contributed by atoms with Gasteiger partial charge in [0.05, 0.1) is 0 Å². The number of hydrogen-bond donors (Lipinski definition) is 0. The van der Waals surface area contributed by atoms with Crippen LogP contribution in [-0.4, -0.2) is 24.6 Å². The van der Waals surface area contributed by atoms with E-state index >= 15 is 0 Å². The minimum atomic E-state index is -0.614. The van der Waals surface area contributed by atoms with E-state index in [1.807, 2.05) is 0 Å². The number of carbonyl (C=O) groups excluding carboxylic acids is 2. The zero-order valence-corrected chi connectivity index (χ0v) is 18.3. The van der Waals surface area contributed by atoms with Crippen LogP contribution in [0.25, 0.3) is 12.2 Å². The maximum Gasteiger partial charge on any atom is 0.363 e. The molecular formula is C26H16ClNO6. The van der Waals surface area contributed by atoms with Gasteiger partial charge in [0.1, 0.15) is 5.75 Å². The van der Waals surface area contributed by atoms with Crippen molar-refractivity contribution in [3.05, 3.63) is 100 Å². The monoisotopic (exact) mass is 473 g/mol. The minimum absolute atomic E-state index is 0.0767. The number of aliphatic imine (C=N–C) groups is 1. The Kier molecular flexibility index (Phi) is 5.84. The van der Waals surface area contributed by atoms with E-state index in [9.17, 15) is 9.59 Å². The lowest BCUT2D eigenvalue weighted by atomic mass is 10.1. The summed E-state index contributed by atoms with van der Waals surface area (Å²) in [7, 11) is 0. The summed E-state index contributed by atoms with van der Waals surface area (Å²) in [6, 6.07) is 19.0. The third-order valence-electron chi connectivity index (χ3n) is 4.94. The van der Waals surface area contributed by atoms with Crippen LogP contribution in [0.4, 0.5) is 0 Å². The molecule has 7 nitrogen and oxygen atoms in total. The number of nitrogens with zero attached hydrogens (tertiary/aromatic N) is 1. The first-order valence-electron chi connectivity index (χ1n) is 10.2. The molecule has 0 fully saturated rings. The molecule has 3 aromatic rings. The highest BCUT2D eigenvalue weighted by Crippen LogP contribution is 2.34. The number of cyclic esters (lactones) is 1. The van der Waals surface area contributed by atoms with E-state index in [1.165, 1.54) is 12.2 Å². The van der Waals surface area contributed by atoms with Crippen LogP contribution in [0, 0.1) is 0 Å². The molecule has 0 radical (unpaired) electrons. The Balaban J connectivity index is 1.35. The average molecular weight is 474 g/mol. The average Bonchev–Trinajstić information content (AvgIpc) is 3.46. The smallest absolute Gasteiger partial charge is 0.363 e. The van der Waals surface area contributed by atoms with Crippen LogP contribution in [0.1, 0.15) is 16.7 Å².